The maximum atomic E-state index is 6.08. The van der Waals surface area contributed by atoms with E-state index in [0.717, 1.165) is 50.8 Å². The van der Waals surface area contributed by atoms with Crippen LogP contribution in [0, 0.1) is 11.3 Å². The van der Waals surface area contributed by atoms with Gasteiger partial charge in [0, 0.05) is 32.2 Å². The van der Waals surface area contributed by atoms with E-state index in [1.54, 1.807) is 7.11 Å². The van der Waals surface area contributed by atoms with Gasteiger partial charge in [0.2, 0.25) is 0 Å². The highest BCUT2D eigenvalue weighted by Gasteiger charge is 2.35. The molecule has 2 unspecified atom stereocenters. The molecule has 28 heavy (non-hydrogen) atoms. The molecule has 1 heterocycles. The van der Waals surface area contributed by atoms with Crippen LogP contribution in [-0.4, -0.2) is 45.4 Å². The van der Waals surface area contributed by atoms with Crippen LogP contribution in [-0.2, 0) is 11.2 Å². The molecule has 160 valence electrons. The first kappa shape index (κ1) is 25.0. The van der Waals surface area contributed by atoms with E-state index in [1.165, 1.54) is 12.0 Å². The van der Waals surface area contributed by atoms with E-state index >= 15 is 0 Å². The Morgan fingerprint density at radius 3 is 2.54 bits per heavy atom. The SMILES string of the molecule is CCNC(=NCC1CCCOC1C(C)(C)C)NCCc1ccc(OC)cc1.I. The molecule has 1 aromatic carbocycles. The molecule has 0 aromatic heterocycles. The maximum absolute atomic E-state index is 6.08. The van der Waals surface area contributed by atoms with Crippen molar-refractivity contribution in [1.82, 2.24) is 10.6 Å². The smallest absolute Gasteiger partial charge is 0.191 e. The Bertz CT molecular complexity index is 584. The highest BCUT2D eigenvalue weighted by molar-refractivity contribution is 14.0. The third-order valence-corrected chi connectivity index (χ3v) is 4.99. The van der Waals surface area contributed by atoms with Crippen molar-refractivity contribution in [3.63, 3.8) is 0 Å². The minimum atomic E-state index is 0. The third-order valence-electron chi connectivity index (χ3n) is 4.99. The van der Waals surface area contributed by atoms with Gasteiger partial charge in [0.1, 0.15) is 5.75 Å². The Morgan fingerprint density at radius 2 is 1.93 bits per heavy atom. The molecule has 0 radical (unpaired) electrons. The van der Waals surface area contributed by atoms with Gasteiger partial charge in [-0.1, -0.05) is 32.9 Å². The first-order valence-electron chi connectivity index (χ1n) is 10.2. The fourth-order valence-corrected chi connectivity index (χ4v) is 3.66. The molecule has 1 aromatic rings. The maximum Gasteiger partial charge on any atom is 0.191 e. The number of rotatable bonds is 7. The summed E-state index contributed by atoms with van der Waals surface area (Å²) < 4.78 is 11.3. The highest BCUT2D eigenvalue weighted by Crippen LogP contribution is 2.34. The molecule has 0 saturated carbocycles. The van der Waals surface area contributed by atoms with E-state index < -0.39 is 0 Å². The average molecular weight is 503 g/mol. The number of ether oxygens (including phenoxy) is 2. The van der Waals surface area contributed by atoms with Gasteiger partial charge in [0.05, 0.1) is 13.2 Å². The lowest BCUT2D eigenvalue weighted by atomic mass is 9.78. The second kappa shape index (κ2) is 12.5. The average Bonchev–Trinajstić information content (AvgIpc) is 2.66. The topological polar surface area (TPSA) is 54.9 Å². The predicted octanol–water partition coefficient (Wildman–Crippen LogP) is 4.25. The molecule has 2 N–H and O–H groups in total. The molecule has 0 bridgehead atoms. The molecule has 2 atom stereocenters. The van der Waals surface area contributed by atoms with E-state index in [2.05, 4.69) is 50.5 Å². The van der Waals surface area contributed by atoms with Crippen molar-refractivity contribution in [3.8, 4) is 5.75 Å². The number of nitrogens with one attached hydrogen (secondary N) is 2. The Balaban J connectivity index is 0.00000392. The van der Waals surface area contributed by atoms with Gasteiger partial charge in [-0.25, -0.2) is 0 Å². The molecule has 1 fully saturated rings. The molecule has 5 nitrogen and oxygen atoms in total. The molecule has 0 spiro atoms. The van der Waals surface area contributed by atoms with Crippen molar-refractivity contribution in [2.45, 2.75) is 53.1 Å². The second-order valence-corrected chi connectivity index (χ2v) is 8.30. The molecule has 1 aliphatic heterocycles. The van der Waals surface area contributed by atoms with Crippen LogP contribution in [0.15, 0.2) is 29.3 Å². The zero-order chi connectivity index (χ0) is 19.7. The van der Waals surface area contributed by atoms with Crippen molar-refractivity contribution < 1.29 is 9.47 Å². The number of guanidine groups is 1. The van der Waals surface area contributed by atoms with E-state index in [9.17, 15) is 0 Å². The van der Waals surface area contributed by atoms with Crippen molar-refractivity contribution in [2.75, 3.05) is 33.4 Å². The normalized spacial score (nSPS) is 20.2. The van der Waals surface area contributed by atoms with Gasteiger partial charge in [0.15, 0.2) is 5.96 Å². The van der Waals surface area contributed by atoms with Crippen LogP contribution in [0.25, 0.3) is 0 Å². The second-order valence-electron chi connectivity index (χ2n) is 8.30. The first-order chi connectivity index (χ1) is 12.9. The largest absolute Gasteiger partial charge is 0.497 e. The number of nitrogens with zero attached hydrogens (tertiary/aromatic N) is 1. The highest BCUT2D eigenvalue weighted by atomic mass is 127. The summed E-state index contributed by atoms with van der Waals surface area (Å²) >= 11 is 0. The summed E-state index contributed by atoms with van der Waals surface area (Å²) in [7, 11) is 1.69. The number of benzene rings is 1. The van der Waals surface area contributed by atoms with Crippen molar-refractivity contribution in [3.05, 3.63) is 29.8 Å². The van der Waals surface area contributed by atoms with Crippen molar-refractivity contribution in [1.29, 1.82) is 0 Å². The van der Waals surface area contributed by atoms with Crippen LogP contribution >= 0.6 is 24.0 Å². The summed E-state index contributed by atoms with van der Waals surface area (Å²) in [5.41, 5.74) is 1.44. The van der Waals surface area contributed by atoms with Crippen molar-refractivity contribution in [2.24, 2.45) is 16.3 Å². The van der Waals surface area contributed by atoms with Gasteiger partial charge < -0.3 is 20.1 Å². The van der Waals surface area contributed by atoms with Crippen LogP contribution in [0.1, 0.15) is 46.1 Å². The summed E-state index contributed by atoms with van der Waals surface area (Å²) in [6, 6.07) is 8.23. The van der Waals surface area contributed by atoms with E-state index in [-0.39, 0.29) is 35.5 Å². The minimum absolute atomic E-state index is 0. The third kappa shape index (κ3) is 8.15. The fourth-order valence-electron chi connectivity index (χ4n) is 3.66. The van der Waals surface area contributed by atoms with Gasteiger partial charge in [-0.05, 0) is 49.3 Å². The molecule has 0 aliphatic carbocycles. The van der Waals surface area contributed by atoms with Crippen LogP contribution < -0.4 is 15.4 Å². The Kier molecular flexibility index (Phi) is 11.2. The van der Waals surface area contributed by atoms with Crippen LogP contribution in [0.2, 0.25) is 0 Å². The quantitative estimate of drug-likeness (QED) is 0.332. The van der Waals surface area contributed by atoms with Crippen molar-refractivity contribution >= 4 is 29.9 Å². The molecular formula is C22H38IN3O2. The molecular weight excluding hydrogens is 465 g/mol. The predicted molar refractivity (Wildman–Crippen MR) is 128 cm³/mol. The van der Waals surface area contributed by atoms with Gasteiger partial charge in [-0.3, -0.25) is 4.99 Å². The monoisotopic (exact) mass is 503 g/mol. The van der Waals surface area contributed by atoms with E-state index in [4.69, 9.17) is 14.5 Å². The van der Waals surface area contributed by atoms with Gasteiger partial charge >= 0.3 is 0 Å². The Hall–Kier alpha value is -1.02. The minimum Gasteiger partial charge on any atom is -0.497 e. The number of halogens is 1. The summed E-state index contributed by atoms with van der Waals surface area (Å²) in [5, 5.41) is 6.82. The van der Waals surface area contributed by atoms with E-state index in [0.29, 0.717) is 5.92 Å². The molecule has 6 heteroatoms. The Labute approximate surface area is 188 Å². The summed E-state index contributed by atoms with van der Waals surface area (Å²) in [6.07, 6.45) is 3.55. The first-order valence-corrected chi connectivity index (χ1v) is 10.2. The Morgan fingerprint density at radius 1 is 1.21 bits per heavy atom. The number of aliphatic imine (C=N–C) groups is 1. The molecule has 0 amide bonds. The number of methoxy groups -OCH3 is 1. The van der Waals surface area contributed by atoms with Gasteiger partial charge in [0.25, 0.3) is 0 Å². The summed E-state index contributed by atoms with van der Waals surface area (Å²) in [4.78, 5) is 4.85. The van der Waals surface area contributed by atoms with Gasteiger partial charge in [-0.2, -0.15) is 0 Å². The van der Waals surface area contributed by atoms with Crippen LogP contribution in [0.3, 0.4) is 0 Å². The molecule has 1 saturated heterocycles. The molecule has 1 aliphatic rings. The fraction of sp³-hybridized carbons (Fsp3) is 0.682. The molecule has 2 rings (SSSR count). The zero-order valence-electron chi connectivity index (χ0n) is 18.1. The lowest BCUT2D eigenvalue weighted by molar-refractivity contribution is -0.0823. The zero-order valence-corrected chi connectivity index (χ0v) is 20.4. The lowest BCUT2D eigenvalue weighted by Crippen LogP contribution is -2.43. The van der Waals surface area contributed by atoms with Gasteiger partial charge in [-0.15, -0.1) is 24.0 Å². The lowest BCUT2D eigenvalue weighted by Gasteiger charge is -2.39. The van der Waals surface area contributed by atoms with E-state index in [1.807, 2.05) is 12.1 Å². The summed E-state index contributed by atoms with van der Waals surface area (Å²) in [5.74, 6) is 2.27. The van der Waals surface area contributed by atoms with Crippen LogP contribution in [0.5, 0.6) is 5.75 Å². The number of hydrogen-bond acceptors (Lipinski definition) is 3. The standard InChI is InChI=1S/C22H37N3O2.HI/c1-6-23-21(24-14-13-17-9-11-19(26-5)12-10-17)25-16-18-8-7-15-27-20(18)22(2,3)4;/h9-12,18,20H,6-8,13-16H2,1-5H3,(H2,23,24,25);1H. The number of hydrogen-bond donors (Lipinski definition) is 2. The summed E-state index contributed by atoms with van der Waals surface area (Å²) in [6.45, 7) is 12.3. The van der Waals surface area contributed by atoms with Crippen LogP contribution in [0.4, 0.5) is 0 Å².